The molecule has 0 saturated heterocycles. The fraction of sp³-hybridized carbons (Fsp3) is 0.533. The van der Waals surface area contributed by atoms with Gasteiger partial charge in [0.05, 0.1) is 10.2 Å². The fourth-order valence-corrected chi connectivity index (χ4v) is 3.93. The van der Waals surface area contributed by atoms with Crippen LogP contribution in [-0.2, 0) is 0 Å². The summed E-state index contributed by atoms with van der Waals surface area (Å²) in [5, 5.41) is 1.13. The minimum Gasteiger partial charge on any atom is -0.399 e. The minimum atomic E-state index is 0.653. The van der Waals surface area contributed by atoms with Crippen molar-refractivity contribution in [1.82, 2.24) is 4.98 Å². The Labute approximate surface area is 118 Å². The van der Waals surface area contributed by atoms with Crippen LogP contribution < -0.4 is 10.6 Å². The van der Waals surface area contributed by atoms with Crippen LogP contribution in [0.5, 0.6) is 0 Å². The number of nitrogens with zero attached hydrogens (tertiary/aromatic N) is 2. The Bertz CT molecular complexity index is 556. The van der Waals surface area contributed by atoms with Crippen LogP contribution in [0.1, 0.15) is 38.5 Å². The number of anilines is 2. The van der Waals surface area contributed by atoms with Crippen LogP contribution in [0.25, 0.3) is 10.2 Å². The number of nitrogens with two attached hydrogens (primary N) is 1. The number of hydrogen-bond acceptors (Lipinski definition) is 4. The number of benzene rings is 1. The molecule has 1 aliphatic rings. The van der Waals surface area contributed by atoms with Gasteiger partial charge in [-0.3, -0.25) is 0 Å². The van der Waals surface area contributed by atoms with E-state index in [0.717, 1.165) is 16.3 Å². The molecule has 4 heteroatoms. The molecule has 0 unspecified atom stereocenters. The molecule has 102 valence electrons. The lowest BCUT2D eigenvalue weighted by Gasteiger charge is -2.26. The third-order valence-electron chi connectivity index (χ3n) is 4.08. The highest BCUT2D eigenvalue weighted by atomic mass is 32.1. The van der Waals surface area contributed by atoms with Gasteiger partial charge in [0.1, 0.15) is 0 Å². The smallest absolute Gasteiger partial charge is 0.186 e. The Morgan fingerprint density at radius 1 is 1.21 bits per heavy atom. The largest absolute Gasteiger partial charge is 0.399 e. The summed E-state index contributed by atoms with van der Waals surface area (Å²) < 4.78 is 1.19. The molecule has 19 heavy (non-hydrogen) atoms. The van der Waals surface area contributed by atoms with E-state index in [4.69, 9.17) is 10.7 Å². The third-order valence-corrected chi connectivity index (χ3v) is 5.18. The van der Waals surface area contributed by atoms with Crippen molar-refractivity contribution in [2.45, 2.75) is 44.6 Å². The molecule has 1 aliphatic carbocycles. The molecule has 1 fully saturated rings. The molecule has 0 bridgehead atoms. The van der Waals surface area contributed by atoms with Gasteiger partial charge < -0.3 is 10.6 Å². The molecule has 1 aromatic heterocycles. The van der Waals surface area contributed by atoms with Crippen molar-refractivity contribution in [2.24, 2.45) is 0 Å². The second-order valence-corrected chi connectivity index (χ2v) is 6.49. The Morgan fingerprint density at radius 2 is 1.95 bits per heavy atom. The molecule has 1 saturated carbocycles. The van der Waals surface area contributed by atoms with Gasteiger partial charge in [-0.25, -0.2) is 4.98 Å². The van der Waals surface area contributed by atoms with Gasteiger partial charge in [0.25, 0.3) is 0 Å². The van der Waals surface area contributed by atoms with Crippen molar-refractivity contribution in [3.05, 3.63) is 18.2 Å². The highest BCUT2D eigenvalue weighted by molar-refractivity contribution is 7.22. The maximum absolute atomic E-state index is 5.84. The molecule has 0 radical (unpaired) electrons. The lowest BCUT2D eigenvalue weighted by atomic mass is 10.1. The Morgan fingerprint density at radius 3 is 2.68 bits per heavy atom. The molecule has 0 aliphatic heterocycles. The van der Waals surface area contributed by atoms with Crippen molar-refractivity contribution in [3.63, 3.8) is 0 Å². The van der Waals surface area contributed by atoms with E-state index in [2.05, 4.69) is 11.9 Å². The molecule has 2 aromatic rings. The van der Waals surface area contributed by atoms with Crippen LogP contribution in [-0.4, -0.2) is 18.1 Å². The summed E-state index contributed by atoms with van der Waals surface area (Å²) in [5.74, 6) is 0. The second kappa shape index (κ2) is 5.37. The molecule has 1 aromatic carbocycles. The SMILES string of the molecule is CN(c1nc2ccc(N)cc2s1)C1CCCCCC1. The van der Waals surface area contributed by atoms with Gasteiger partial charge in [-0.05, 0) is 31.0 Å². The summed E-state index contributed by atoms with van der Waals surface area (Å²) in [4.78, 5) is 7.13. The maximum Gasteiger partial charge on any atom is 0.186 e. The highest BCUT2D eigenvalue weighted by Gasteiger charge is 2.19. The highest BCUT2D eigenvalue weighted by Crippen LogP contribution is 2.32. The van der Waals surface area contributed by atoms with Crippen molar-refractivity contribution in [3.8, 4) is 0 Å². The quantitative estimate of drug-likeness (QED) is 0.664. The molecular formula is C15H21N3S. The van der Waals surface area contributed by atoms with Gasteiger partial charge in [-0.15, -0.1) is 0 Å². The van der Waals surface area contributed by atoms with Crippen LogP contribution in [0.15, 0.2) is 18.2 Å². The zero-order valence-corrected chi connectivity index (χ0v) is 12.2. The van der Waals surface area contributed by atoms with Gasteiger partial charge in [0, 0.05) is 18.8 Å². The van der Waals surface area contributed by atoms with Crippen molar-refractivity contribution < 1.29 is 0 Å². The number of thiazole rings is 1. The number of nitrogen functional groups attached to an aromatic ring is 1. The lowest BCUT2D eigenvalue weighted by Crippen LogP contribution is -2.30. The second-order valence-electron chi connectivity index (χ2n) is 5.48. The summed E-state index contributed by atoms with van der Waals surface area (Å²) in [5.41, 5.74) is 7.72. The monoisotopic (exact) mass is 275 g/mol. The van der Waals surface area contributed by atoms with Crippen molar-refractivity contribution in [1.29, 1.82) is 0 Å². The van der Waals surface area contributed by atoms with Crippen molar-refractivity contribution in [2.75, 3.05) is 17.7 Å². The first-order chi connectivity index (χ1) is 9.24. The van der Waals surface area contributed by atoms with Gasteiger partial charge in [-0.1, -0.05) is 37.0 Å². The third kappa shape index (κ3) is 2.68. The molecular weight excluding hydrogens is 254 g/mol. The maximum atomic E-state index is 5.84. The molecule has 1 heterocycles. The number of hydrogen-bond donors (Lipinski definition) is 1. The van der Waals surface area contributed by atoms with E-state index in [1.165, 1.54) is 43.2 Å². The van der Waals surface area contributed by atoms with E-state index in [1.807, 2.05) is 18.2 Å². The van der Waals surface area contributed by atoms with Gasteiger partial charge in [0.2, 0.25) is 0 Å². The fourth-order valence-electron chi connectivity index (χ4n) is 2.88. The lowest BCUT2D eigenvalue weighted by molar-refractivity contribution is 0.552. The number of aromatic nitrogens is 1. The first-order valence-electron chi connectivity index (χ1n) is 7.13. The zero-order chi connectivity index (χ0) is 13.2. The predicted octanol–water partition coefficient (Wildman–Crippen LogP) is 4.04. The summed E-state index contributed by atoms with van der Waals surface area (Å²) in [6.07, 6.45) is 8.09. The van der Waals surface area contributed by atoms with Gasteiger partial charge >= 0.3 is 0 Å². The molecule has 2 N–H and O–H groups in total. The summed E-state index contributed by atoms with van der Waals surface area (Å²) in [6, 6.07) is 6.63. The Balaban J connectivity index is 1.85. The van der Waals surface area contributed by atoms with Crippen LogP contribution >= 0.6 is 11.3 Å². The summed E-state index contributed by atoms with van der Waals surface area (Å²) in [7, 11) is 2.19. The van der Waals surface area contributed by atoms with E-state index in [-0.39, 0.29) is 0 Å². The van der Waals surface area contributed by atoms with Crippen LogP contribution in [0, 0.1) is 0 Å². The van der Waals surface area contributed by atoms with E-state index in [1.54, 1.807) is 11.3 Å². The van der Waals surface area contributed by atoms with E-state index < -0.39 is 0 Å². The number of rotatable bonds is 2. The van der Waals surface area contributed by atoms with E-state index in [9.17, 15) is 0 Å². The number of fused-ring (bicyclic) bond motifs is 1. The van der Waals surface area contributed by atoms with E-state index in [0.29, 0.717) is 6.04 Å². The Kier molecular flexibility index (Phi) is 3.60. The molecule has 3 nitrogen and oxygen atoms in total. The normalized spacial score (nSPS) is 17.5. The Hall–Kier alpha value is -1.29. The molecule has 0 atom stereocenters. The average Bonchev–Trinajstić information content (AvgIpc) is 2.64. The first-order valence-corrected chi connectivity index (χ1v) is 7.94. The van der Waals surface area contributed by atoms with Gasteiger partial charge in [-0.2, -0.15) is 0 Å². The summed E-state index contributed by atoms with van der Waals surface area (Å²) in [6.45, 7) is 0. The average molecular weight is 275 g/mol. The summed E-state index contributed by atoms with van der Waals surface area (Å²) >= 11 is 1.75. The molecule has 0 spiro atoms. The van der Waals surface area contributed by atoms with Crippen LogP contribution in [0.4, 0.5) is 10.8 Å². The van der Waals surface area contributed by atoms with E-state index >= 15 is 0 Å². The zero-order valence-electron chi connectivity index (χ0n) is 11.4. The molecule has 3 rings (SSSR count). The van der Waals surface area contributed by atoms with Crippen LogP contribution in [0.2, 0.25) is 0 Å². The first kappa shape index (κ1) is 12.7. The molecule has 0 amide bonds. The van der Waals surface area contributed by atoms with Gasteiger partial charge in [0.15, 0.2) is 5.13 Å². The minimum absolute atomic E-state index is 0.653. The standard InChI is InChI=1S/C15H21N3S/c1-18(12-6-4-2-3-5-7-12)15-17-13-9-8-11(16)10-14(13)19-15/h8-10,12H,2-7,16H2,1H3. The predicted molar refractivity (Wildman–Crippen MR) is 83.9 cm³/mol. The van der Waals surface area contributed by atoms with Crippen LogP contribution in [0.3, 0.4) is 0 Å². The van der Waals surface area contributed by atoms with Crippen molar-refractivity contribution >= 4 is 32.4 Å². The topological polar surface area (TPSA) is 42.2 Å².